The van der Waals surface area contributed by atoms with E-state index in [1.807, 2.05) is 54.6 Å². The predicted molar refractivity (Wildman–Crippen MR) is 101 cm³/mol. The van der Waals surface area contributed by atoms with E-state index in [0.717, 1.165) is 16.7 Å². The van der Waals surface area contributed by atoms with Crippen molar-refractivity contribution < 1.29 is 19.4 Å². The second-order valence-corrected chi connectivity index (χ2v) is 7.19. The average Bonchev–Trinajstić information content (AvgIpc) is 2.58. The van der Waals surface area contributed by atoms with Crippen LogP contribution in [0.5, 0.6) is 0 Å². The van der Waals surface area contributed by atoms with E-state index in [1.54, 1.807) is 20.8 Å². The minimum Gasteiger partial charge on any atom is -0.481 e. The molecule has 0 aliphatic rings. The first-order chi connectivity index (χ1) is 12.2. The molecule has 138 valence electrons. The molecule has 0 spiro atoms. The summed E-state index contributed by atoms with van der Waals surface area (Å²) in [6.07, 6.45) is -0.284. The first-order valence-corrected chi connectivity index (χ1v) is 8.58. The monoisotopic (exact) mass is 355 g/mol. The van der Waals surface area contributed by atoms with Crippen LogP contribution in [0.1, 0.15) is 26.3 Å². The fourth-order valence-electron chi connectivity index (χ4n) is 2.56. The molecule has 0 saturated heterocycles. The van der Waals surface area contributed by atoms with Gasteiger partial charge in [0.2, 0.25) is 0 Å². The maximum absolute atomic E-state index is 11.8. The maximum atomic E-state index is 11.8. The van der Waals surface area contributed by atoms with Gasteiger partial charge in [0.15, 0.2) is 0 Å². The lowest BCUT2D eigenvalue weighted by Gasteiger charge is -2.21. The summed E-state index contributed by atoms with van der Waals surface area (Å²) in [5, 5.41) is 12.0. The second kappa shape index (κ2) is 8.52. The van der Waals surface area contributed by atoms with Crippen molar-refractivity contribution in [3.8, 4) is 11.1 Å². The summed E-state index contributed by atoms with van der Waals surface area (Å²) >= 11 is 0. The van der Waals surface area contributed by atoms with Crippen molar-refractivity contribution in [1.29, 1.82) is 0 Å². The molecule has 0 aromatic heterocycles. The Hall–Kier alpha value is -2.82. The van der Waals surface area contributed by atoms with Crippen molar-refractivity contribution in [2.45, 2.75) is 32.8 Å². The summed E-state index contributed by atoms with van der Waals surface area (Å²) < 4.78 is 5.15. The zero-order chi connectivity index (χ0) is 19.2. The van der Waals surface area contributed by atoms with Gasteiger partial charge in [0, 0.05) is 6.54 Å². The van der Waals surface area contributed by atoms with E-state index >= 15 is 0 Å². The van der Waals surface area contributed by atoms with Gasteiger partial charge >= 0.3 is 12.1 Å². The fourth-order valence-corrected chi connectivity index (χ4v) is 2.56. The van der Waals surface area contributed by atoms with Crippen LogP contribution in [0.25, 0.3) is 11.1 Å². The van der Waals surface area contributed by atoms with Crippen LogP contribution in [0.4, 0.5) is 4.79 Å². The van der Waals surface area contributed by atoms with E-state index in [0.29, 0.717) is 6.42 Å². The van der Waals surface area contributed by atoms with Gasteiger partial charge in [-0.3, -0.25) is 4.79 Å². The number of nitrogens with one attached hydrogen (secondary N) is 1. The Bertz CT molecular complexity index is 750. The van der Waals surface area contributed by atoms with Gasteiger partial charge in [-0.2, -0.15) is 0 Å². The van der Waals surface area contributed by atoms with Crippen LogP contribution < -0.4 is 5.32 Å². The molecule has 1 atom stereocenters. The lowest BCUT2D eigenvalue weighted by atomic mass is 9.96. The summed E-state index contributed by atoms with van der Waals surface area (Å²) in [5.41, 5.74) is 2.40. The van der Waals surface area contributed by atoms with Gasteiger partial charge in [-0.05, 0) is 43.9 Å². The van der Waals surface area contributed by atoms with Crippen molar-refractivity contribution in [3.63, 3.8) is 0 Å². The fraction of sp³-hybridized carbons (Fsp3) is 0.333. The molecule has 0 bridgehead atoms. The van der Waals surface area contributed by atoms with Crippen LogP contribution in [0.3, 0.4) is 0 Å². The van der Waals surface area contributed by atoms with Gasteiger partial charge < -0.3 is 15.2 Å². The number of amides is 1. The number of alkyl carbamates (subject to hydrolysis) is 1. The van der Waals surface area contributed by atoms with Gasteiger partial charge in [-0.15, -0.1) is 0 Å². The zero-order valence-electron chi connectivity index (χ0n) is 15.4. The van der Waals surface area contributed by atoms with Gasteiger partial charge in [0.05, 0.1) is 5.92 Å². The van der Waals surface area contributed by atoms with Crippen molar-refractivity contribution in [1.82, 2.24) is 5.32 Å². The van der Waals surface area contributed by atoms with Gasteiger partial charge in [-0.25, -0.2) is 4.79 Å². The first-order valence-electron chi connectivity index (χ1n) is 8.58. The average molecular weight is 355 g/mol. The maximum Gasteiger partial charge on any atom is 0.407 e. The lowest BCUT2D eigenvalue weighted by molar-refractivity contribution is -0.141. The number of aliphatic carboxylic acids is 1. The molecule has 0 fully saturated rings. The Kier molecular flexibility index (Phi) is 6.39. The lowest BCUT2D eigenvalue weighted by Crippen LogP contribution is -2.37. The van der Waals surface area contributed by atoms with Gasteiger partial charge in [0.25, 0.3) is 0 Å². The highest BCUT2D eigenvalue weighted by atomic mass is 16.6. The minimum absolute atomic E-state index is 0.0137. The van der Waals surface area contributed by atoms with E-state index in [2.05, 4.69) is 5.32 Å². The number of carbonyl (C=O) groups is 2. The van der Waals surface area contributed by atoms with Crippen LogP contribution in [0.2, 0.25) is 0 Å². The van der Waals surface area contributed by atoms with Crippen molar-refractivity contribution in [3.05, 3.63) is 60.2 Å². The molecule has 2 N–H and O–H groups in total. The molecule has 2 aromatic rings. The largest absolute Gasteiger partial charge is 0.481 e. The molecular weight excluding hydrogens is 330 g/mol. The number of carboxylic acids is 1. The third-order valence-corrected chi connectivity index (χ3v) is 3.76. The Labute approximate surface area is 154 Å². The van der Waals surface area contributed by atoms with E-state index in [-0.39, 0.29) is 6.54 Å². The molecular formula is C21H25NO4. The van der Waals surface area contributed by atoms with E-state index < -0.39 is 23.6 Å². The number of carbonyl (C=O) groups excluding carboxylic acids is 1. The molecule has 0 radical (unpaired) electrons. The molecule has 26 heavy (non-hydrogen) atoms. The summed E-state index contributed by atoms with van der Waals surface area (Å²) in [6.45, 7) is 5.29. The van der Waals surface area contributed by atoms with E-state index in [1.165, 1.54) is 0 Å². The highest BCUT2D eigenvalue weighted by Crippen LogP contribution is 2.21. The Morgan fingerprint density at radius 1 is 1.04 bits per heavy atom. The van der Waals surface area contributed by atoms with E-state index in [9.17, 15) is 14.7 Å². The van der Waals surface area contributed by atoms with E-state index in [4.69, 9.17) is 4.74 Å². The highest BCUT2D eigenvalue weighted by Gasteiger charge is 2.21. The molecule has 0 heterocycles. The molecule has 5 nitrogen and oxygen atoms in total. The summed E-state index contributed by atoms with van der Waals surface area (Å²) in [6, 6.07) is 17.7. The standard InChI is InChI=1S/C21H25NO4/c1-21(2,3)26-20(25)22-14-18(19(23)24)13-15-8-7-11-17(12-15)16-9-5-4-6-10-16/h4-12,18H,13-14H2,1-3H3,(H,22,25)(H,23,24)/t18-/m1/s1. The second-order valence-electron chi connectivity index (χ2n) is 7.19. The van der Waals surface area contributed by atoms with Crippen LogP contribution in [0, 0.1) is 5.92 Å². The number of benzene rings is 2. The topological polar surface area (TPSA) is 75.6 Å². The van der Waals surface area contributed by atoms with Crippen molar-refractivity contribution in [2.24, 2.45) is 5.92 Å². The van der Waals surface area contributed by atoms with Gasteiger partial charge in [0.1, 0.15) is 5.60 Å². The molecule has 0 aliphatic heterocycles. The SMILES string of the molecule is CC(C)(C)OC(=O)NC[C@@H](Cc1cccc(-c2ccccc2)c1)C(=O)O. The van der Waals surface area contributed by atoms with Crippen LogP contribution in [0.15, 0.2) is 54.6 Å². The molecule has 1 amide bonds. The summed E-state index contributed by atoms with van der Waals surface area (Å²) in [7, 11) is 0. The molecule has 2 rings (SSSR count). The number of rotatable bonds is 6. The van der Waals surface area contributed by atoms with Crippen LogP contribution in [-0.2, 0) is 16.0 Å². The minimum atomic E-state index is -0.953. The number of hydrogen-bond donors (Lipinski definition) is 2. The zero-order valence-corrected chi connectivity index (χ0v) is 15.4. The van der Waals surface area contributed by atoms with Gasteiger partial charge in [-0.1, -0.05) is 54.6 Å². The molecule has 2 aromatic carbocycles. The van der Waals surface area contributed by atoms with Crippen molar-refractivity contribution >= 4 is 12.1 Å². The number of hydrogen-bond acceptors (Lipinski definition) is 3. The normalized spacial score (nSPS) is 12.3. The summed E-state index contributed by atoms with van der Waals surface area (Å²) in [5.74, 6) is -1.68. The smallest absolute Gasteiger partial charge is 0.407 e. The third-order valence-electron chi connectivity index (χ3n) is 3.76. The third kappa shape index (κ3) is 6.24. The van der Waals surface area contributed by atoms with Crippen LogP contribution in [-0.4, -0.2) is 29.3 Å². The highest BCUT2D eigenvalue weighted by molar-refractivity contribution is 5.73. The van der Waals surface area contributed by atoms with Crippen molar-refractivity contribution in [2.75, 3.05) is 6.54 Å². The first kappa shape index (κ1) is 19.5. The Balaban J connectivity index is 2.04. The molecule has 0 aliphatic carbocycles. The predicted octanol–water partition coefficient (Wildman–Crippen LogP) is 4.12. The number of ether oxygens (including phenoxy) is 1. The quantitative estimate of drug-likeness (QED) is 0.817. The summed E-state index contributed by atoms with van der Waals surface area (Å²) in [4.78, 5) is 23.3. The molecule has 0 saturated carbocycles. The number of carboxylic acid groups (broad SMARTS) is 1. The Morgan fingerprint density at radius 3 is 2.31 bits per heavy atom. The van der Waals surface area contributed by atoms with Crippen LogP contribution >= 0.6 is 0 Å². The Morgan fingerprint density at radius 2 is 1.69 bits per heavy atom. The molecule has 0 unspecified atom stereocenters. The molecule has 5 heteroatoms.